The molecule has 2 aromatic heterocycles. The number of hydrogen-bond acceptors (Lipinski definition) is 7. The summed E-state index contributed by atoms with van der Waals surface area (Å²) in [4.78, 5) is 29.6. The predicted molar refractivity (Wildman–Crippen MR) is 134 cm³/mol. The SMILES string of the molecule is Cc1sc2c(c1C)C(c1ccc(Cl)cc1)=N[C@@H](CC(=O)NCCOCCC(=O)O)c1nnc(C)n1-2. The van der Waals surface area contributed by atoms with Crippen LogP contribution in [0.4, 0.5) is 0 Å². The van der Waals surface area contributed by atoms with Crippen LogP contribution in [0.25, 0.3) is 5.00 Å². The van der Waals surface area contributed by atoms with E-state index in [1.807, 2.05) is 35.8 Å². The van der Waals surface area contributed by atoms with Crippen molar-refractivity contribution < 1.29 is 19.4 Å². The van der Waals surface area contributed by atoms with Crippen LogP contribution in [0.1, 0.15) is 52.1 Å². The smallest absolute Gasteiger partial charge is 0.305 e. The van der Waals surface area contributed by atoms with E-state index in [0.717, 1.165) is 33.2 Å². The average Bonchev–Trinajstić information content (AvgIpc) is 3.29. The molecule has 2 N–H and O–H groups in total. The lowest BCUT2D eigenvalue weighted by atomic mass is 9.99. The lowest BCUT2D eigenvalue weighted by Crippen LogP contribution is -2.29. The number of aliphatic imine (C=N–C) groups is 1. The zero-order valence-corrected chi connectivity index (χ0v) is 21.2. The van der Waals surface area contributed by atoms with Crippen molar-refractivity contribution in [1.82, 2.24) is 20.1 Å². The van der Waals surface area contributed by atoms with Gasteiger partial charge in [0, 0.05) is 27.6 Å². The van der Waals surface area contributed by atoms with E-state index >= 15 is 0 Å². The number of nitrogens with one attached hydrogen (secondary N) is 1. The van der Waals surface area contributed by atoms with Gasteiger partial charge < -0.3 is 15.2 Å². The Morgan fingerprint density at radius 3 is 2.63 bits per heavy atom. The van der Waals surface area contributed by atoms with Gasteiger partial charge in [0.15, 0.2) is 5.82 Å². The lowest BCUT2D eigenvalue weighted by Gasteiger charge is -2.13. The second-order valence-electron chi connectivity index (χ2n) is 8.21. The highest BCUT2D eigenvalue weighted by atomic mass is 35.5. The first-order chi connectivity index (χ1) is 16.8. The van der Waals surface area contributed by atoms with Crippen molar-refractivity contribution in [2.75, 3.05) is 19.8 Å². The molecule has 1 aromatic carbocycles. The molecule has 1 atom stereocenters. The second-order valence-corrected chi connectivity index (χ2v) is 9.85. The van der Waals surface area contributed by atoms with Crippen molar-refractivity contribution in [3.05, 3.63) is 62.5 Å². The molecule has 35 heavy (non-hydrogen) atoms. The first-order valence-electron chi connectivity index (χ1n) is 11.2. The molecular formula is C24H26ClN5O4S. The highest BCUT2D eigenvalue weighted by Gasteiger charge is 2.32. The quantitative estimate of drug-likeness (QED) is 0.418. The molecule has 0 saturated heterocycles. The molecule has 0 bridgehead atoms. The number of carbonyl (C=O) groups excluding carboxylic acids is 1. The molecule has 0 radical (unpaired) electrons. The number of aromatic nitrogens is 3. The molecule has 0 saturated carbocycles. The minimum Gasteiger partial charge on any atom is -0.481 e. The Bertz CT molecular complexity index is 1280. The molecule has 9 nitrogen and oxygen atoms in total. The Morgan fingerprint density at radius 1 is 1.17 bits per heavy atom. The number of hydrogen-bond donors (Lipinski definition) is 2. The zero-order chi connectivity index (χ0) is 25.1. The molecule has 0 spiro atoms. The zero-order valence-electron chi connectivity index (χ0n) is 19.7. The van der Waals surface area contributed by atoms with Crippen LogP contribution in [-0.4, -0.2) is 57.2 Å². The normalized spacial score (nSPS) is 14.6. The number of nitrogens with zero attached hydrogens (tertiary/aromatic N) is 4. The Hall–Kier alpha value is -3.08. The third kappa shape index (κ3) is 5.44. The summed E-state index contributed by atoms with van der Waals surface area (Å²) >= 11 is 7.79. The van der Waals surface area contributed by atoms with Crippen LogP contribution >= 0.6 is 22.9 Å². The van der Waals surface area contributed by atoms with Gasteiger partial charge in [0.2, 0.25) is 5.91 Å². The van der Waals surface area contributed by atoms with Crippen LogP contribution in [-0.2, 0) is 14.3 Å². The number of halogens is 1. The number of ether oxygens (including phenoxy) is 1. The van der Waals surface area contributed by atoms with Crippen LogP contribution in [0.15, 0.2) is 29.3 Å². The van der Waals surface area contributed by atoms with Crippen LogP contribution in [0.5, 0.6) is 0 Å². The van der Waals surface area contributed by atoms with Crippen molar-refractivity contribution >= 4 is 40.5 Å². The molecule has 1 amide bonds. The number of rotatable bonds is 9. The van der Waals surface area contributed by atoms with Crippen molar-refractivity contribution in [1.29, 1.82) is 0 Å². The lowest BCUT2D eigenvalue weighted by molar-refractivity contribution is -0.138. The monoisotopic (exact) mass is 515 g/mol. The van der Waals surface area contributed by atoms with Crippen molar-refractivity contribution in [3.63, 3.8) is 0 Å². The predicted octanol–water partition coefficient (Wildman–Crippen LogP) is 3.80. The average molecular weight is 516 g/mol. The van der Waals surface area contributed by atoms with Crippen molar-refractivity contribution in [2.45, 2.75) is 39.7 Å². The maximum Gasteiger partial charge on any atom is 0.305 e. The Morgan fingerprint density at radius 2 is 1.91 bits per heavy atom. The molecular weight excluding hydrogens is 490 g/mol. The van der Waals surface area contributed by atoms with Gasteiger partial charge in [-0.3, -0.25) is 19.1 Å². The third-order valence-corrected chi connectivity index (χ3v) is 7.21. The number of benzene rings is 1. The first-order valence-corrected chi connectivity index (χ1v) is 12.4. The molecule has 4 rings (SSSR count). The van der Waals surface area contributed by atoms with Crippen LogP contribution < -0.4 is 5.32 Å². The Labute approximate surface area is 211 Å². The number of fused-ring (bicyclic) bond motifs is 3. The van der Waals surface area contributed by atoms with Gasteiger partial charge in [-0.25, -0.2) is 0 Å². The summed E-state index contributed by atoms with van der Waals surface area (Å²) in [7, 11) is 0. The number of carbonyl (C=O) groups is 2. The summed E-state index contributed by atoms with van der Waals surface area (Å²) in [6.45, 7) is 6.66. The third-order valence-electron chi connectivity index (χ3n) is 5.76. The Kier molecular flexibility index (Phi) is 7.63. The minimum atomic E-state index is -0.921. The summed E-state index contributed by atoms with van der Waals surface area (Å²) in [5, 5.41) is 21.8. The van der Waals surface area contributed by atoms with E-state index in [-0.39, 0.29) is 38.5 Å². The van der Waals surface area contributed by atoms with Gasteiger partial charge in [0.25, 0.3) is 0 Å². The minimum absolute atomic E-state index is 0.0732. The van der Waals surface area contributed by atoms with E-state index in [4.69, 9.17) is 26.4 Å². The van der Waals surface area contributed by atoms with E-state index < -0.39 is 12.0 Å². The molecule has 0 fully saturated rings. The summed E-state index contributed by atoms with van der Waals surface area (Å²) in [5.74, 6) is 0.214. The van der Waals surface area contributed by atoms with Gasteiger partial charge in [0.1, 0.15) is 16.9 Å². The fraction of sp³-hybridized carbons (Fsp3) is 0.375. The second kappa shape index (κ2) is 10.7. The topological polar surface area (TPSA) is 119 Å². The fourth-order valence-corrected chi connectivity index (χ4v) is 5.24. The Balaban J connectivity index is 1.63. The van der Waals surface area contributed by atoms with Gasteiger partial charge in [-0.05, 0) is 38.5 Å². The number of amides is 1. The van der Waals surface area contributed by atoms with Crippen LogP contribution in [0.3, 0.4) is 0 Å². The molecule has 11 heteroatoms. The van der Waals surface area contributed by atoms with E-state index in [9.17, 15) is 9.59 Å². The number of carboxylic acids is 1. The molecule has 3 aromatic rings. The summed E-state index contributed by atoms with van der Waals surface area (Å²) in [6, 6.07) is 6.98. The number of aliphatic carboxylic acids is 1. The maximum atomic E-state index is 12.8. The number of carboxylic acid groups (broad SMARTS) is 1. The largest absolute Gasteiger partial charge is 0.481 e. The highest BCUT2D eigenvalue weighted by Crippen LogP contribution is 2.39. The number of aryl methyl sites for hydroxylation is 2. The summed E-state index contributed by atoms with van der Waals surface area (Å²) in [6.07, 6.45) is 0.00750. The first kappa shape index (κ1) is 25.0. The molecule has 0 aliphatic carbocycles. The van der Waals surface area contributed by atoms with E-state index in [2.05, 4.69) is 29.4 Å². The fourth-order valence-electron chi connectivity index (χ4n) is 3.90. The summed E-state index contributed by atoms with van der Waals surface area (Å²) in [5.41, 5.74) is 3.83. The van der Waals surface area contributed by atoms with Gasteiger partial charge in [-0.1, -0.05) is 23.7 Å². The van der Waals surface area contributed by atoms with E-state index in [0.29, 0.717) is 10.8 Å². The van der Waals surface area contributed by atoms with Crippen LogP contribution in [0.2, 0.25) is 5.02 Å². The van der Waals surface area contributed by atoms with Gasteiger partial charge in [-0.2, -0.15) is 0 Å². The summed E-state index contributed by atoms with van der Waals surface area (Å²) < 4.78 is 7.25. The molecule has 1 aliphatic rings. The van der Waals surface area contributed by atoms with Crippen molar-refractivity contribution in [3.8, 4) is 5.00 Å². The number of thiophene rings is 1. The van der Waals surface area contributed by atoms with Gasteiger partial charge >= 0.3 is 5.97 Å². The van der Waals surface area contributed by atoms with E-state index in [1.54, 1.807) is 11.3 Å². The highest BCUT2D eigenvalue weighted by molar-refractivity contribution is 7.15. The molecule has 0 unspecified atom stereocenters. The standard InChI is InChI=1S/C24H26ClN5O4S/c1-13-14(2)35-24-21(13)22(16-4-6-17(25)7-5-16)27-18(23-29-28-15(3)30(23)24)12-19(31)26-9-11-34-10-8-20(32)33/h4-7,18H,8-12H2,1-3H3,(H,26,31)(H,32,33)/t18-/m0/s1. The van der Waals surface area contributed by atoms with Crippen molar-refractivity contribution in [2.24, 2.45) is 4.99 Å². The molecule has 1 aliphatic heterocycles. The van der Waals surface area contributed by atoms with Crippen LogP contribution in [0, 0.1) is 20.8 Å². The maximum absolute atomic E-state index is 12.8. The molecule has 184 valence electrons. The molecule has 3 heterocycles. The van der Waals surface area contributed by atoms with Gasteiger partial charge in [0.05, 0.1) is 31.8 Å². The van der Waals surface area contributed by atoms with E-state index in [1.165, 1.54) is 4.88 Å². The van der Waals surface area contributed by atoms with Gasteiger partial charge in [-0.15, -0.1) is 21.5 Å².